The number of benzene rings is 1. The van der Waals surface area contributed by atoms with Crippen LogP contribution in [0.1, 0.15) is 28.8 Å². The number of hydrogen-bond acceptors (Lipinski definition) is 4. The number of rotatable bonds is 5. The van der Waals surface area contributed by atoms with Crippen molar-refractivity contribution in [2.45, 2.75) is 19.8 Å². The first-order valence-corrected chi connectivity index (χ1v) is 8.64. The Balaban J connectivity index is 1.47. The molecule has 0 bridgehead atoms. The van der Waals surface area contributed by atoms with E-state index in [1.54, 1.807) is 6.20 Å². The molecule has 1 aromatic heterocycles. The van der Waals surface area contributed by atoms with Crippen LogP contribution in [-0.2, 0) is 11.8 Å². The first-order valence-electron chi connectivity index (χ1n) is 8.64. The molecule has 1 aliphatic heterocycles. The summed E-state index contributed by atoms with van der Waals surface area (Å²) in [5, 5.41) is 0. The molecule has 132 valence electrons. The highest BCUT2D eigenvalue weighted by Crippen LogP contribution is 2.14. The number of piperazine rings is 1. The number of Topliss-reactive ketones (excluding diaryl/α,β-unsaturated/α-hetero) is 1. The zero-order valence-corrected chi connectivity index (χ0v) is 14.8. The van der Waals surface area contributed by atoms with Crippen molar-refractivity contribution in [2.24, 2.45) is 7.05 Å². The van der Waals surface area contributed by atoms with Gasteiger partial charge in [-0.05, 0) is 6.92 Å². The summed E-state index contributed by atoms with van der Waals surface area (Å²) in [7, 11) is 1.97. The highest BCUT2D eigenvalue weighted by atomic mass is 16.2. The maximum Gasteiger partial charge on any atom is 0.223 e. The average Bonchev–Trinajstić information content (AvgIpc) is 3.06. The van der Waals surface area contributed by atoms with E-state index in [4.69, 9.17) is 0 Å². The fourth-order valence-electron chi connectivity index (χ4n) is 3.08. The second kappa shape index (κ2) is 7.51. The van der Waals surface area contributed by atoms with E-state index in [9.17, 15) is 9.59 Å². The van der Waals surface area contributed by atoms with Crippen molar-refractivity contribution >= 4 is 17.6 Å². The van der Waals surface area contributed by atoms with E-state index in [1.807, 2.05) is 53.9 Å². The first kappa shape index (κ1) is 17.2. The number of imidazole rings is 1. The first-order chi connectivity index (χ1) is 12.0. The molecule has 6 heteroatoms. The third kappa shape index (κ3) is 4.07. The molecule has 1 aromatic carbocycles. The molecule has 2 aromatic rings. The normalized spacial score (nSPS) is 14.6. The van der Waals surface area contributed by atoms with Crippen LogP contribution in [0.2, 0.25) is 0 Å². The van der Waals surface area contributed by atoms with Crippen LogP contribution in [0.25, 0.3) is 0 Å². The van der Waals surface area contributed by atoms with Crippen LogP contribution >= 0.6 is 0 Å². The van der Waals surface area contributed by atoms with Crippen LogP contribution in [0, 0.1) is 6.92 Å². The van der Waals surface area contributed by atoms with Gasteiger partial charge in [-0.25, -0.2) is 4.98 Å². The summed E-state index contributed by atoms with van der Waals surface area (Å²) in [6.07, 6.45) is 4.24. The predicted octanol–water partition coefficient (Wildman–Crippen LogP) is 2.04. The Morgan fingerprint density at radius 3 is 2.32 bits per heavy atom. The lowest BCUT2D eigenvalue weighted by Gasteiger charge is -2.35. The van der Waals surface area contributed by atoms with Gasteiger partial charge in [0, 0.05) is 64.0 Å². The van der Waals surface area contributed by atoms with Crippen molar-refractivity contribution in [3.05, 3.63) is 47.8 Å². The predicted molar refractivity (Wildman–Crippen MR) is 96.7 cm³/mol. The molecule has 0 unspecified atom stereocenters. The molecule has 1 amide bonds. The van der Waals surface area contributed by atoms with Crippen molar-refractivity contribution < 1.29 is 9.59 Å². The minimum absolute atomic E-state index is 0.0278. The fourth-order valence-corrected chi connectivity index (χ4v) is 3.08. The average molecular weight is 340 g/mol. The van der Waals surface area contributed by atoms with Crippen LogP contribution in [0.15, 0.2) is 36.7 Å². The molecule has 0 aliphatic carbocycles. The van der Waals surface area contributed by atoms with Gasteiger partial charge >= 0.3 is 0 Å². The third-order valence-electron chi connectivity index (χ3n) is 4.65. The van der Waals surface area contributed by atoms with Crippen molar-refractivity contribution in [3.63, 3.8) is 0 Å². The second-order valence-corrected chi connectivity index (χ2v) is 6.50. The number of aromatic nitrogens is 2. The van der Waals surface area contributed by atoms with Crippen LogP contribution in [0.5, 0.6) is 0 Å². The molecule has 1 fully saturated rings. The quantitative estimate of drug-likeness (QED) is 0.782. The Morgan fingerprint density at radius 2 is 1.72 bits per heavy atom. The monoisotopic (exact) mass is 340 g/mol. The number of hydrogen-bond donors (Lipinski definition) is 0. The van der Waals surface area contributed by atoms with Crippen LogP contribution < -0.4 is 4.90 Å². The number of carbonyl (C=O) groups excluding carboxylic acids is 2. The Bertz CT molecular complexity index is 743. The van der Waals surface area contributed by atoms with Crippen LogP contribution in [-0.4, -0.2) is 52.3 Å². The summed E-state index contributed by atoms with van der Waals surface area (Å²) in [5.41, 5.74) is 1.80. The molecular weight excluding hydrogens is 316 g/mol. The van der Waals surface area contributed by atoms with Crippen molar-refractivity contribution in [3.8, 4) is 0 Å². The third-order valence-corrected chi connectivity index (χ3v) is 4.65. The van der Waals surface area contributed by atoms with E-state index >= 15 is 0 Å². The highest BCUT2D eigenvalue weighted by Gasteiger charge is 2.23. The summed E-state index contributed by atoms with van der Waals surface area (Å²) in [6.45, 7) is 4.86. The van der Waals surface area contributed by atoms with E-state index in [1.165, 1.54) is 0 Å². The standard InChI is InChI=1S/C19H24N4O2/c1-15-3-5-16(6-4-15)17(24)7-8-18(25)22-11-13-23(14-12-22)19-20-9-10-21(19)2/h3-6,9-10H,7-8,11-14H2,1-2H3. The van der Waals surface area contributed by atoms with Gasteiger partial charge in [-0.15, -0.1) is 0 Å². The maximum atomic E-state index is 12.4. The minimum atomic E-state index is 0.0278. The zero-order chi connectivity index (χ0) is 17.8. The number of ketones is 1. The van der Waals surface area contributed by atoms with Gasteiger partial charge in [0.05, 0.1) is 0 Å². The van der Waals surface area contributed by atoms with Gasteiger partial charge in [-0.2, -0.15) is 0 Å². The van der Waals surface area contributed by atoms with Gasteiger partial charge < -0.3 is 14.4 Å². The molecule has 3 rings (SSSR count). The number of anilines is 1. The number of aryl methyl sites for hydroxylation is 2. The van der Waals surface area contributed by atoms with E-state index in [0.29, 0.717) is 18.7 Å². The molecular formula is C19H24N4O2. The van der Waals surface area contributed by atoms with E-state index < -0.39 is 0 Å². The Labute approximate surface area is 148 Å². The lowest BCUT2D eigenvalue weighted by molar-refractivity contribution is -0.131. The van der Waals surface area contributed by atoms with Gasteiger partial charge in [-0.1, -0.05) is 29.8 Å². The van der Waals surface area contributed by atoms with Crippen molar-refractivity contribution in [1.29, 1.82) is 0 Å². The molecule has 0 radical (unpaired) electrons. The summed E-state index contributed by atoms with van der Waals surface area (Å²) < 4.78 is 1.98. The zero-order valence-electron chi connectivity index (χ0n) is 14.8. The molecule has 0 atom stereocenters. The lowest BCUT2D eigenvalue weighted by Crippen LogP contribution is -2.49. The van der Waals surface area contributed by atoms with E-state index in [2.05, 4.69) is 9.88 Å². The van der Waals surface area contributed by atoms with Crippen molar-refractivity contribution in [1.82, 2.24) is 14.5 Å². The summed E-state index contributed by atoms with van der Waals surface area (Å²) in [5.74, 6) is 1.02. The second-order valence-electron chi connectivity index (χ2n) is 6.50. The molecule has 0 saturated carbocycles. The van der Waals surface area contributed by atoms with Crippen LogP contribution in [0.3, 0.4) is 0 Å². The van der Waals surface area contributed by atoms with Gasteiger partial charge in [-0.3, -0.25) is 9.59 Å². The SMILES string of the molecule is Cc1ccc(C(=O)CCC(=O)N2CCN(c3nccn3C)CC2)cc1. The van der Waals surface area contributed by atoms with Gasteiger partial charge in [0.1, 0.15) is 0 Å². The molecule has 0 spiro atoms. The molecule has 1 aliphatic rings. The fraction of sp³-hybridized carbons (Fsp3) is 0.421. The van der Waals surface area contributed by atoms with Gasteiger partial charge in [0.15, 0.2) is 5.78 Å². The summed E-state index contributed by atoms with van der Waals surface area (Å²) in [6, 6.07) is 7.50. The molecule has 2 heterocycles. The smallest absolute Gasteiger partial charge is 0.223 e. The lowest BCUT2D eigenvalue weighted by atomic mass is 10.0. The van der Waals surface area contributed by atoms with Crippen molar-refractivity contribution in [2.75, 3.05) is 31.1 Å². The number of nitrogens with zero attached hydrogens (tertiary/aromatic N) is 4. The summed E-state index contributed by atoms with van der Waals surface area (Å²) in [4.78, 5) is 33.0. The molecule has 25 heavy (non-hydrogen) atoms. The summed E-state index contributed by atoms with van der Waals surface area (Å²) >= 11 is 0. The highest BCUT2D eigenvalue weighted by molar-refractivity contribution is 5.98. The van der Waals surface area contributed by atoms with E-state index in [0.717, 1.165) is 24.6 Å². The Hall–Kier alpha value is -2.63. The molecule has 0 N–H and O–H groups in total. The number of carbonyl (C=O) groups is 2. The Morgan fingerprint density at radius 1 is 1.04 bits per heavy atom. The molecule has 6 nitrogen and oxygen atoms in total. The minimum Gasteiger partial charge on any atom is -0.339 e. The topological polar surface area (TPSA) is 58.4 Å². The van der Waals surface area contributed by atoms with Crippen LogP contribution in [0.4, 0.5) is 5.95 Å². The van der Waals surface area contributed by atoms with E-state index in [-0.39, 0.29) is 24.5 Å². The van der Waals surface area contributed by atoms with Gasteiger partial charge in [0.25, 0.3) is 0 Å². The molecule has 1 saturated heterocycles. The Kier molecular flexibility index (Phi) is 5.16. The number of amides is 1. The van der Waals surface area contributed by atoms with Gasteiger partial charge in [0.2, 0.25) is 11.9 Å². The largest absolute Gasteiger partial charge is 0.339 e. The maximum absolute atomic E-state index is 12.4.